The van der Waals surface area contributed by atoms with Crippen LogP contribution in [0.15, 0.2) is 24.5 Å². The summed E-state index contributed by atoms with van der Waals surface area (Å²) in [4.78, 5) is 17.0. The van der Waals surface area contributed by atoms with Crippen molar-refractivity contribution in [2.24, 2.45) is 5.73 Å². The maximum Gasteiger partial charge on any atom is 0.224 e. The van der Waals surface area contributed by atoms with Crippen molar-refractivity contribution in [3.63, 3.8) is 0 Å². The van der Waals surface area contributed by atoms with Crippen LogP contribution in [0.1, 0.15) is 18.0 Å². The Labute approximate surface area is 82.7 Å². The van der Waals surface area contributed by atoms with Gasteiger partial charge in [-0.3, -0.25) is 9.78 Å². The molecule has 1 fully saturated rings. The molecule has 2 heterocycles. The van der Waals surface area contributed by atoms with E-state index < -0.39 is 0 Å². The summed E-state index contributed by atoms with van der Waals surface area (Å²) in [7, 11) is 1.79. The zero-order chi connectivity index (χ0) is 10.1. The first-order valence-electron chi connectivity index (χ1n) is 4.61. The maximum atomic E-state index is 11.4. The number of amides is 1. The first-order valence-corrected chi connectivity index (χ1v) is 4.61. The van der Waals surface area contributed by atoms with Gasteiger partial charge in [0.1, 0.15) is 0 Å². The van der Waals surface area contributed by atoms with E-state index in [1.165, 1.54) is 0 Å². The van der Waals surface area contributed by atoms with Gasteiger partial charge in [0, 0.05) is 31.9 Å². The minimum Gasteiger partial charge on any atom is -0.337 e. The molecule has 14 heavy (non-hydrogen) atoms. The molecule has 1 aliphatic heterocycles. The summed E-state index contributed by atoms with van der Waals surface area (Å²) >= 11 is 0. The van der Waals surface area contributed by atoms with Crippen molar-refractivity contribution >= 4 is 5.91 Å². The molecular formula is C10H13N3O. The van der Waals surface area contributed by atoms with Crippen molar-refractivity contribution in [3.8, 4) is 0 Å². The summed E-state index contributed by atoms with van der Waals surface area (Å²) in [5.74, 6) is 0.110. The monoisotopic (exact) mass is 191 g/mol. The number of carbonyl (C=O) groups excluding carboxylic acids is 1. The van der Waals surface area contributed by atoms with Crippen molar-refractivity contribution in [1.82, 2.24) is 9.88 Å². The Hall–Kier alpha value is -1.42. The van der Waals surface area contributed by atoms with Crippen molar-refractivity contribution in [2.45, 2.75) is 18.5 Å². The normalized spacial score (nSPS) is 27.0. The highest BCUT2D eigenvalue weighted by Gasteiger charge is 2.35. The molecule has 0 radical (unpaired) electrons. The van der Waals surface area contributed by atoms with Gasteiger partial charge in [0.15, 0.2) is 0 Å². The Morgan fingerprint density at radius 1 is 1.50 bits per heavy atom. The van der Waals surface area contributed by atoms with Gasteiger partial charge in [-0.25, -0.2) is 0 Å². The van der Waals surface area contributed by atoms with E-state index >= 15 is 0 Å². The van der Waals surface area contributed by atoms with Crippen LogP contribution in [-0.4, -0.2) is 28.9 Å². The zero-order valence-corrected chi connectivity index (χ0v) is 8.05. The molecule has 4 nitrogen and oxygen atoms in total. The highest BCUT2D eigenvalue weighted by Crippen LogP contribution is 2.29. The SMILES string of the molecule is CN1C(=O)C[C@H](N)[C@H]1c1ccncc1. The van der Waals surface area contributed by atoms with Crippen molar-refractivity contribution < 1.29 is 4.79 Å². The van der Waals surface area contributed by atoms with E-state index in [0.717, 1.165) is 5.56 Å². The third-order valence-corrected chi connectivity index (χ3v) is 2.67. The Morgan fingerprint density at radius 2 is 2.14 bits per heavy atom. The van der Waals surface area contributed by atoms with Gasteiger partial charge < -0.3 is 10.6 Å². The average molecular weight is 191 g/mol. The lowest BCUT2D eigenvalue weighted by Crippen LogP contribution is -2.30. The van der Waals surface area contributed by atoms with Gasteiger partial charge >= 0.3 is 0 Å². The van der Waals surface area contributed by atoms with E-state index in [0.29, 0.717) is 6.42 Å². The summed E-state index contributed by atoms with van der Waals surface area (Å²) in [6, 6.07) is 3.71. The highest BCUT2D eigenvalue weighted by atomic mass is 16.2. The molecule has 4 heteroatoms. The van der Waals surface area contributed by atoms with E-state index in [-0.39, 0.29) is 18.0 Å². The molecule has 0 saturated carbocycles. The number of likely N-dealkylation sites (N-methyl/N-ethyl adjacent to an activating group) is 1. The predicted molar refractivity (Wildman–Crippen MR) is 52.3 cm³/mol. The standard InChI is InChI=1S/C10H13N3O/c1-13-9(14)6-8(11)10(13)7-2-4-12-5-3-7/h2-5,8,10H,6,11H2,1H3/t8-,10+/m0/s1. The van der Waals surface area contributed by atoms with Crippen LogP contribution in [0.25, 0.3) is 0 Å². The average Bonchev–Trinajstić information content (AvgIpc) is 2.43. The zero-order valence-electron chi connectivity index (χ0n) is 8.05. The van der Waals surface area contributed by atoms with Crippen molar-refractivity contribution in [2.75, 3.05) is 7.05 Å². The van der Waals surface area contributed by atoms with Crippen LogP contribution >= 0.6 is 0 Å². The second-order valence-electron chi connectivity index (χ2n) is 3.60. The van der Waals surface area contributed by atoms with E-state index in [9.17, 15) is 4.79 Å². The van der Waals surface area contributed by atoms with E-state index in [1.807, 2.05) is 12.1 Å². The van der Waals surface area contributed by atoms with Crippen LogP contribution < -0.4 is 5.73 Å². The molecule has 1 aromatic rings. The molecule has 0 aromatic carbocycles. The van der Waals surface area contributed by atoms with E-state index in [2.05, 4.69) is 4.98 Å². The second kappa shape index (κ2) is 3.38. The Balaban J connectivity index is 2.31. The van der Waals surface area contributed by atoms with Gasteiger partial charge in [-0.1, -0.05) is 0 Å². The largest absolute Gasteiger partial charge is 0.337 e. The number of carbonyl (C=O) groups is 1. The maximum absolute atomic E-state index is 11.4. The molecule has 1 saturated heterocycles. The molecule has 0 unspecified atom stereocenters. The summed E-state index contributed by atoms with van der Waals surface area (Å²) in [6.07, 6.45) is 3.88. The van der Waals surface area contributed by atoms with Gasteiger partial charge in [0.25, 0.3) is 0 Å². The van der Waals surface area contributed by atoms with Crippen LogP contribution in [0.4, 0.5) is 0 Å². The molecule has 2 rings (SSSR count). The molecule has 1 aromatic heterocycles. The van der Waals surface area contributed by atoms with Crippen LogP contribution in [0, 0.1) is 0 Å². The number of hydrogen-bond donors (Lipinski definition) is 1. The molecule has 0 aliphatic carbocycles. The Kier molecular flexibility index (Phi) is 2.21. The van der Waals surface area contributed by atoms with Crippen LogP contribution in [0.2, 0.25) is 0 Å². The fraction of sp³-hybridized carbons (Fsp3) is 0.400. The predicted octanol–water partition coefficient (Wildman–Crippen LogP) is 0.312. The first-order chi connectivity index (χ1) is 6.70. The van der Waals surface area contributed by atoms with E-state index in [4.69, 9.17) is 5.73 Å². The molecular weight excluding hydrogens is 178 g/mol. The molecule has 74 valence electrons. The summed E-state index contributed by atoms with van der Waals surface area (Å²) in [5.41, 5.74) is 6.97. The smallest absolute Gasteiger partial charge is 0.224 e. The van der Waals surface area contributed by atoms with Gasteiger partial charge in [-0.2, -0.15) is 0 Å². The van der Waals surface area contributed by atoms with E-state index in [1.54, 1.807) is 24.3 Å². The minimum atomic E-state index is -0.102. The molecule has 2 atom stereocenters. The van der Waals surface area contributed by atoms with Gasteiger partial charge in [0.2, 0.25) is 5.91 Å². The van der Waals surface area contributed by atoms with Crippen LogP contribution in [0.3, 0.4) is 0 Å². The minimum absolute atomic E-state index is 0.00509. The quantitative estimate of drug-likeness (QED) is 0.695. The molecule has 0 bridgehead atoms. The fourth-order valence-electron chi connectivity index (χ4n) is 1.93. The van der Waals surface area contributed by atoms with Crippen molar-refractivity contribution in [1.29, 1.82) is 0 Å². The Bertz CT molecular complexity index is 338. The molecule has 2 N–H and O–H groups in total. The lowest BCUT2D eigenvalue weighted by Gasteiger charge is -2.22. The summed E-state index contributed by atoms with van der Waals surface area (Å²) < 4.78 is 0. The lowest BCUT2D eigenvalue weighted by molar-refractivity contribution is -0.127. The van der Waals surface area contributed by atoms with Gasteiger partial charge in [-0.15, -0.1) is 0 Å². The first kappa shape index (κ1) is 9.15. The molecule has 1 aliphatic rings. The van der Waals surface area contributed by atoms with Crippen LogP contribution in [0.5, 0.6) is 0 Å². The lowest BCUT2D eigenvalue weighted by atomic mass is 10.0. The number of aromatic nitrogens is 1. The number of pyridine rings is 1. The number of nitrogens with zero attached hydrogens (tertiary/aromatic N) is 2. The van der Waals surface area contributed by atoms with Crippen molar-refractivity contribution in [3.05, 3.63) is 30.1 Å². The fourth-order valence-corrected chi connectivity index (χ4v) is 1.93. The summed E-state index contributed by atoms with van der Waals surface area (Å²) in [6.45, 7) is 0. The summed E-state index contributed by atoms with van der Waals surface area (Å²) in [5, 5.41) is 0. The number of likely N-dealkylation sites (tertiary alicyclic amines) is 1. The van der Waals surface area contributed by atoms with Gasteiger partial charge in [0.05, 0.1) is 6.04 Å². The molecule has 0 spiro atoms. The number of rotatable bonds is 1. The topological polar surface area (TPSA) is 59.2 Å². The number of hydrogen-bond acceptors (Lipinski definition) is 3. The third-order valence-electron chi connectivity index (χ3n) is 2.67. The molecule has 1 amide bonds. The number of nitrogens with two attached hydrogens (primary N) is 1. The Morgan fingerprint density at radius 3 is 2.64 bits per heavy atom. The van der Waals surface area contributed by atoms with Gasteiger partial charge in [-0.05, 0) is 17.7 Å². The highest BCUT2D eigenvalue weighted by molar-refractivity contribution is 5.80. The van der Waals surface area contributed by atoms with Crippen LogP contribution in [-0.2, 0) is 4.79 Å². The third kappa shape index (κ3) is 1.37. The second-order valence-corrected chi connectivity index (χ2v) is 3.60.